The molecule has 4 nitrogen and oxygen atoms in total. The lowest BCUT2D eigenvalue weighted by Gasteiger charge is -2.32. The van der Waals surface area contributed by atoms with Crippen molar-refractivity contribution < 1.29 is 4.39 Å². The highest BCUT2D eigenvalue weighted by atomic mass is 127. The van der Waals surface area contributed by atoms with Gasteiger partial charge in [0.15, 0.2) is 5.96 Å². The normalized spacial score (nSPS) is 16.4. The number of guanidine groups is 1. The zero-order valence-corrected chi connectivity index (χ0v) is 18.9. The van der Waals surface area contributed by atoms with Gasteiger partial charge in [-0.2, -0.15) is 0 Å². The number of hydrogen-bond donors (Lipinski definition) is 2. The van der Waals surface area contributed by atoms with Gasteiger partial charge in [0, 0.05) is 30.1 Å². The van der Waals surface area contributed by atoms with Crippen LogP contribution in [0.15, 0.2) is 27.7 Å². The zero-order valence-electron chi connectivity index (χ0n) is 15.0. The van der Waals surface area contributed by atoms with Crippen molar-refractivity contribution in [2.75, 3.05) is 26.2 Å². The number of nitrogens with zero attached hydrogens (tertiary/aromatic N) is 2. The fourth-order valence-electron chi connectivity index (χ4n) is 3.00. The maximum Gasteiger partial charge on any atom is 0.191 e. The first-order chi connectivity index (χ1) is 11.6. The quantitative estimate of drug-likeness (QED) is 0.332. The molecule has 0 bridgehead atoms. The van der Waals surface area contributed by atoms with Gasteiger partial charge in [0.2, 0.25) is 0 Å². The van der Waals surface area contributed by atoms with Gasteiger partial charge in [0.25, 0.3) is 0 Å². The summed E-state index contributed by atoms with van der Waals surface area (Å²) < 4.78 is 14.2. The summed E-state index contributed by atoms with van der Waals surface area (Å²) in [6, 6.07) is 5.34. The van der Waals surface area contributed by atoms with Gasteiger partial charge in [0.1, 0.15) is 5.82 Å². The van der Waals surface area contributed by atoms with Crippen molar-refractivity contribution >= 4 is 45.9 Å². The third-order valence-corrected chi connectivity index (χ3v) is 4.61. The van der Waals surface area contributed by atoms with Crippen LogP contribution in [0.4, 0.5) is 4.39 Å². The third kappa shape index (κ3) is 8.21. The molecule has 0 spiro atoms. The summed E-state index contributed by atoms with van der Waals surface area (Å²) in [5.41, 5.74) is 0.858. The van der Waals surface area contributed by atoms with E-state index in [1.165, 1.54) is 25.1 Å². The van der Waals surface area contributed by atoms with Crippen LogP contribution in [0.3, 0.4) is 0 Å². The van der Waals surface area contributed by atoms with Crippen LogP contribution in [0, 0.1) is 5.82 Å². The maximum atomic E-state index is 13.5. The van der Waals surface area contributed by atoms with Crippen molar-refractivity contribution in [3.05, 3.63) is 34.1 Å². The molecule has 0 atom stereocenters. The van der Waals surface area contributed by atoms with Crippen molar-refractivity contribution in [3.63, 3.8) is 0 Å². The van der Waals surface area contributed by atoms with Gasteiger partial charge in [-0.3, -0.25) is 0 Å². The van der Waals surface area contributed by atoms with Crippen LogP contribution in [-0.4, -0.2) is 43.1 Å². The molecule has 0 radical (unpaired) electrons. The molecule has 2 N–H and O–H groups in total. The summed E-state index contributed by atoms with van der Waals surface area (Å²) in [4.78, 5) is 7.13. The molecule has 7 heteroatoms. The van der Waals surface area contributed by atoms with Crippen LogP contribution < -0.4 is 10.6 Å². The van der Waals surface area contributed by atoms with Gasteiger partial charge < -0.3 is 15.5 Å². The lowest BCUT2D eigenvalue weighted by molar-refractivity contribution is 0.206. The van der Waals surface area contributed by atoms with E-state index in [2.05, 4.69) is 50.3 Å². The Morgan fingerprint density at radius 2 is 2.00 bits per heavy atom. The van der Waals surface area contributed by atoms with E-state index in [0.717, 1.165) is 48.5 Å². The molecular formula is C18H29BrFIN4. The molecule has 1 fully saturated rings. The Morgan fingerprint density at radius 1 is 1.28 bits per heavy atom. The smallest absolute Gasteiger partial charge is 0.191 e. The Kier molecular flexibility index (Phi) is 10.9. The zero-order chi connectivity index (χ0) is 17.4. The van der Waals surface area contributed by atoms with Crippen molar-refractivity contribution in [2.45, 2.75) is 45.7 Å². The molecule has 0 aliphatic carbocycles. The average molecular weight is 527 g/mol. The van der Waals surface area contributed by atoms with Crippen molar-refractivity contribution in [1.29, 1.82) is 0 Å². The van der Waals surface area contributed by atoms with Crippen LogP contribution in [0.2, 0.25) is 0 Å². The van der Waals surface area contributed by atoms with Crippen molar-refractivity contribution in [1.82, 2.24) is 15.5 Å². The molecule has 1 aromatic carbocycles. The van der Waals surface area contributed by atoms with Gasteiger partial charge >= 0.3 is 0 Å². The number of benzene rings is 1. The van der Waals surface area contributed by atoms with E-state index in [4.69, 9.17) is 0 Å². The molecule has 1 aliphatic rings. The third-order valence-electron chi connectivity index (χ3n) is 4.15. The fraction of sp³-hybridized carbons (Fsp3) is 0.611. The number of hydrogen-bond acceptors (Lipinski definition) is 2. The van der Waals surface area contributed by atoms with E-state index in [1.54, 1.807) is 0 Å². The molecule has 25 heavy (non-hydrogen) atoms. The standard InChI is InChI=1S/C18H28BrFN4.HI/c1-3-7-24-8-5-17(6-9-24)23-18(21-4-2)22-13-14-10-15(19)12-16(20)11-14;/h10-12,17H,3-9,13H2,1-2H3,(H2,21,22,23);1H. The number of likely N-dealkylation sites (tertiary alicyclic amines) is 1. The van der Waals surface area contributed by atoms with Crippen LogP contribution >= 0.6 is 39.9 Å². The minimum atomic E-state index is -0.240. The Hall–Kier alpha value is -0.410. The second-order valence-corrected chi connectivity index (χ2v) is 7.15. The average Bonchev–Trinajstić information content (AvgIpc) is 2.54. The van der Waals surface area contributed by atoms with Gasteiger partial charge in [0.05, 0.1) is 6.54 Å². The largest absolute Gasteiger partial charge is 0.357 e. The van der Waals surface area contributed by atoms with Gasteiger partial charge in [-0.1, -0.05) is 22.9 Å². The monoisotopic (exact) mass is 526 g/mol. The van der Waals surface area contributed by atoms with E-state index in [0.29, 0.717) is 12.6 Å². The lowest BCUT2D eigenvalue weighted by Crippen LogP contribution is -2.48. The number of rotatable bonds is 6. The van der Waals surface area contributed by atoms with Crippen molar-refractivity contribution in [2.24, 2.45) is 4.99 Å². The van der Waals surface area contributed by atoms with Gasteiger partial charge in [-0.05, 0) is 56.5 Å². The lowest BCUT2D eigenvalue weighted by atomic mass is 10.1. The molecule has 1 saturated heterocycles. The first-order valence-corrected chi connectivity index (χ1v) is 9.62. The van der Waals surface area contributed by atoms with E-state index < -0.39 is 0 Å². The predicted octanol–water partition coefficient (Wildman–Crippen LogP) is 4.14. The fourth-order valence-corrected chi connectivity index (χ4v) is 3.52. The molecule has 142 valence electrons. The highest BCUT2D eigenvalue weighted by Gasteiger charge is 2.19. The minimum absolute atomic E-state index is 0. The minimum Gasteiger partial charge on any atom is -0.357 e. The van der Waals surface area contributed by atoms with Gasteiger partial charge in [-0.25, -0.2) is 9.38 Å². The topological polar surface area (TPSA) is 39.7 Å². The van der Waals surface area contributed by atoms with Crippen LogP contribution in [-0.2, 0) is 6.54 Å². The summed E-state index contributed by atoms with van der Waals surface area (Å²) in [7, 11) is 0. The van der Waals surface area contributed by atoms with E-state index in [1.807, 2.05) is 6.07 Å². The Balaban J connectivity index is 0.00000312. The number of aliphatic imine (C=N–C) groups is 1. The number of nitrogens with one attached hydrogen (secondary N) is 2. The number of halogens is 3. The van der Waals surface area contributed by atoms with Crippen LogP contribution in [0.1, 0.15) is 38.7 Å². The second kappa shape index (κ2) is 12.1. The highest BCUT2D eigenvalue weighted by molar-refractivity contribution is 14.0. The highest BCUT2D eigenvalue weighted by Crippen LogP contribution is 2.15. The molecular weight excluding hydrogens is 498 g/mol. The SMILES string of the molecule is CCCN1CCC(NC(=NCc2cc(F)cc(Br)c2)NCC)CC1.I. The van der Waals surface area contributed by atoms with E-state index in [-0.39, 0.29) is 29.8 Å². The summed E-state index contributed by atoms with van der Waals surface area (Å²) in [5, 5.41) is 6.81. The molecule has 0 amide bonds. The molecule has 1 aromatic rings. The van der Waals surface area contributed by atoms with E-state index in [9.17, 15) is 4.39 Å². The van der Waals surface area contributed by atoms with Gasteiger partial charge in [-0.15, -0.1) is 24.0 Å². The first kappa shape index (κ1) is 22.6. The number of piperidine rings is 1. The van der Waals surface area contributed by atoms with E-state index >= 15 is 0 Å². The second-order valence-electron chi connectivity index (χ2n) is 6.23. The van der Waals surface area contributed by atoms with Crippen molar-refractivity contribution in [3.8, 4) is 0 Å². The first-order valence-electron chi connectivity index (χ1n) is 8.83. The predicted molar refractivity (Wildman–Crippen MR) is 117 cm³/mol. The Morgan fingerprint density at radius 3 is 2.60 bits per heavy atom. The molecule has 0 saturated carbocycles. The Labute approximate surface area is 176 Å². The maximum absolute atomic E-state index is 13.5. The molecule has 0 unspecified atom stereocenters. The van der Waals surface area contributed by atoms with Crippen LogP contribution in [0.5, 0.6) is 0 Å². The Bertz CT molecular complexity index is 528. The molecule has 2 rings (SSSR count). The summed E-state index contributed by atoms with van der Waals surface area (Å²) in [5.74, 6) is 0.572. The summed E-state index contributed by atoms with van der Waals surface area (Å²) >= 11 is 3.32. The summed E-state index contributed by atoms with van der Waals surface area (Å²) in [6.07, 6.45) is 3.48. The molecule has 0 aromatic heterocycles. The molecule has 1 heterocycles. The summed E-state index contributed by atoms with van der Waals surface area (Å²) in [6.45, 7) is 9.03. The molecule has 1 aliphatic heterocycles. The van der Waals surface area contributed by atoms with Crippen LogP contribution in [0.25, 0.3) is 0 Å².